The highest BCUT2D eigenvalue weighted by Crippen LogP contribution is 2.26. The molecule has 196 valence electrons. The molecule has 4 rings (SSSR count). The van der Waals surface area contributed by atoms with E-state index in [0.29, 0.717) is 55.1 Å². The lowest BCUT2D eigenvalue weighted by atomic mass is 10.1. The molecule has 0 saturated carbocycles. The largest absolute Gasteiger partial charge is 0.491 e. The molecule has 0 aliphatic carbocycles. The van der Waals surface area contributed by atoms with E-state index in [4.69, 9.17) is 4.74 Å². The third kappa shape index (κ3) is 6.40. The maximum Gasteiger partial charge on any atom is 0.257 e. The molecule has 1 aliphatic rings. The van der Waals surface area contributed by atoms with Crippen molar-refractivity contribution in [3.8, 4) is 5.75 Å². The van der Waals surface area contributed by atoms with Gasteiger partial charge < -0.3 is 9.64 Å². The fraction of sp³-hybridized carbons (Fsp3) is 0.367. The van der Waals surface area contributed by atoms with E-state index in [1.54, 1.807) is 33.5 Å². The summed E-state index contributed by atoms with van der Waals surface area (Å²) >= 11 is 0. The maximum atomic E-state index is 14.0. The van der Waals surface area contributed by atoms with E-state index in [-0.39, 0.29) is 12.5 Å². The molecule has 3 aromatic rings. The van der Waals surface area contributed by atoms with Crippen LogP contribution in [0, 0.1) is 0 Å². The first-order valence-corrected chi connectivity index (χ1v) is 14.5. The Kier molecular flexibility index (Phi) is 9.00. The van der Waals surface area contributed by atoms with Crippen molar-refractivity contribution in [2.45, 2.75) is 50.5 Å². The van der Waals surface area contributed by atoms with Crippen LogP contribution in [0.25, 0.3) is 0 Å². The number of carbonyl (C=O) groups is 1. The minimum absolute atomic E-state index is 0.0567. The van der Waals surface area contributed by atoms with Crippen molar-refractivity contribution in [2.24, 2.45) is 0 Å². The molecular weight excluding hydrogens is 484 g/mol. The van der Waals surface area contributed by atoms with Gasteiger partial charge >= 0.3 is 0 Å². The minimum atomic E-state index is -3.78. The van der Waals surface area contributed by atoms with E-state index in [0.717, 1.165) is 17.5 Å². The number of carbonyl (C=O) groups excluding carboxylic acids is 1. The van der Waals surface area contributed by atoms with Crippen LogP contribution in [0.3, 0.4) is 0 Å². The predicted molar refractivity (Wildman–Crippen MR) is 146 cm³/mol. The quantitative estimate of drug-likeness (QED) is 0.449. The summed E-state index contributed by atoms with van der Waals surface area (Å²) in [5.41, 5.74) is 2.64. The molecule has 1 aliphatic heterocycles. The van der Waals surface area contributed by atoms with Gasteiger partial charge in [-0.25, -0.2) is 8.42 Å². The van der Waals surface area contributed by atoms with Crippen molar-refractivity contribution >= 4 is 15.9 Å². The summed E-state index contributed by atoms with van der Waals surface area (Å²) in [6.07, 6.45) is 2.70. The summed E-state index contributed by atoms with van der Waals surface area (Å²) in [6.45, 7) is 5.64. The predicted octanol–water partition coefficient (Wildman–Crippen LogP) is 5.19. The lowest BCUT2D eigenvalue weighted by Gasteiger charge is -2.32. The van der Waals surface area contributed by atoms with E-state index in [9.17, 15) is 13.2 Å². The fourth-order valence-corrected chi connectivity index (χ4v) is 6.41. The van der Waals surface area contributed by atoms with Gasteiger partial charge in [0.2, 0.25) is 10.0 Å². The van der Waals surface area contributed by atoms with Crippen LogP contribution >= 0.6 is 0 Å². The molecule has 0 fully saturated rings. The van der Waals surface area contributed by atoms with Gasteiger partial charge in [-0.3, -0.25) is 4.79 Å². The lowest BCUT2D eigenvalue weighted by Crippen LogP contribution is -2.46. The van der Waals surface area contributed by atoms with Gasteiger partial charge in [-0.2, -0.15) is 4.31 Å². The number of benzene rings is 3. The lowest BCUT2D eigenvalue weighted by molar-refractivity contribution is 0.0750. The van der Waals surface area contributed by atoms with E-state index >= 15 is 0 Å². The Bertz CT molecular complexity index is 1280. The van der Waals surface area contributed by atoms with Crippen LogP contribution in [0.2, 0.25) is 0 Å². The maximum absolute atomic E-state index is 14.0. The highest BCUT2D eigenvalue weighted by atomic mass is 32.2. The molecule has 1 atom stereocenters. The second-order valence-corrected chi connectivity index (χ2v) is 11.2. The number of rotatable bonds is 6. The highest BCUT2D eigenvalue weighted by molar-refractivity contribution is 7.89. The molecule has 0 N–H and O–H groups in total. The zero-order chi connectivity index (χ0) is 26.3. The molecule has 7 heteroatoms. The van der Waals surface area contributed by atoms with Crippen molar-refractivity contribution in [3.63, 3.8) is 0 Å². The highest BCUT2D eigenvalue weighted by Gasteiger charge is 2.33. The van der Waals surface area contributed by atoms with Gasteiger partial charge in [0.05, 0.1) is 16.5 Å². The van der Waals surface area contributed by atoms with Gasteiger partial charge in [-0.05, 0) is 68.0 Å². The smallest absolute Gasteiger partial charge is 0.257 e. The summed E-state index contributed by atoms with van der Waals surface area (Å²) in [5, 5.41) is 0. The number of nitrogens with zero attached hydrogens (tertiary/aromatic N) is 2. The standard InChI is InChI=1S/C30H36N2O4S/c1-3-24-16-18-27(19-17-24)37(34,35)32-21-11-10-20-31(4-2)30(33)28-14-8-9-15-29(28)36-23-26(32)22-25-12-6-5-7-13-25/h5-9,12-19,26H,3-4,10-11,20-23H2,1-2H3/t26-/m0/s1. The Balaban J connectivity index is 1.74. The Labute approximate surface area is 220 Å². The number of sulfonamides is 1. The van der Waals surface area contributed by atoms with Crippen molar-refractivity contribution < 1.29 is 17.9 Å². The van der Waals surface area contributed by atoms with Crippen LogP contribution in [0.5, 0.6) is 5.75 Å². The van der Waals surface area contributed by atoms with Crippen LogP contribution in [-0.4, -0.2) is 55.8 Å². The summed E-state index contributed by atoms with van der Waals surface area (Å²) in [7, 11) is -3.78. The number of para-hydroxylation sites is 1. The molecular formula is C30H36N2O4S. The second-order valence-electron chi connectivity index (χ2n) is 9.36. The summed E-state index contributed by atoms with van der Waals surface area (Å²) in [5.74, 6) is 0.424. The van der Waals surface area contributed by atoms with E-state index in [2.05, 4.69) is 6.92 Å². The minimum Gasteiger partial charge on any atom is -0.491 e. The van der Waals surface area contributed by atoms with E-state index in [1.807, 2.05) is 61.5 Å². The van der Waals surface area contributed by atoms with E-state index in [1.165, 1.54) is 0 Å². The van der Waals surface area contributed by atoms with Gasteiger partial charge in [0.1, 0.15) is 12.4 Å². The third-order valence-corrected chi connectivity index (χ3v) is 8.90. The average Bonchev–Trinajstić information content (AvgIpc) is 2.93. The zero-order valence-electron chi connectivity index (χ0n) is 21.7. The van der Waals surface area contributed by atoms with Gasteiger partial charge in [0, 0.05) is 19.6 Å². The van der Waals surface area contributed by atoms with Gasteiger partial charge in [-0.1, -0.05) is 61.5 Å². The monoisotopic (exact) mass is 520 g/mol. The summed E-state index contributed by atoms with van der Waals surface area (Å²) in [4.78, 5) is 15.3. The fourth-order valence-electron chi connectivity index (χ4n) is 4.76. The van der Waals surface area contributed by atoms with Crippen LogP contribution < -0.4 is 4.74 Å². The van der Waals surface area contributed by atoms with Crippen LogP contribution in [0.1, 0.15) is 48.2 Å². The molecule has 1 heterocycles. The van der Waals surface area contributed by atoms with Crippen molar-refractivity contribution in [2.75, 3.05) is 26.2 Å². The second kappa shape index (κ2) is 12.4. The molecule has 6 nitrogen and oxygen atoms in total. The zero-order valence-corrected chi connectivity index (χ0v) is 22.5. The Morgan fingerprint density at radius 3 is 2.22 bits per heavy atom. The van der Waals surface area contributed by atoms with Crippen molar-refractivity contribution in [1.29, 1.82) is 0 Å². The molecule has 37 heavy (non-hydrogen) atoms. The van der Waals surface area contributed by atoms with Crippen molar-refractivity contribution in [1.82, 2.24) is 9.21 Å². The molecule has 0 saturated heterocycles. The molecule has 1 amide bonds. The SMILES string of the molecule is CCc1ccc(S(=O)(=O)N2CCCCN(CC)C(=O)c3ccccc3OC[C@@H]2Cc2ccccc2)cc1. The Hall–Kier alpha value is -3.16. The normalized spacial score (nSPS) is 17.8. The van der Waals surface area contributed by atoms with Gasteiger partial charge in [0.15, 0.2) is 0 Å². The first kappa shape index (κ1) is 26.9. The third-order valence-electron chi connectivity index (χ3n) is 6.93. The first-order valence-electron chi connectivity index (χ1n) is 13.1. The molecule has 0 aromatic heterocycles. The summed E-state index contributed by atoms with van der Waals surface area (Å²) < 4.78 is 35.9. The van der Waals surface area contributed by atoms with E-state index < -0.39 is 16.1 Å². The molecule has 3 aromatic carbocycles. The number of ether oxygens (including phenoxy) is 1. The average molecular weight is 521 g/mol. The number of amides is 1. The van der Waals surface area contributed by atoms with Gasteiger partial charge in [-0.15, -0.1) is 0 Å². The Morgan fingerprint density at radius 2 is 1.51 bits per heavy atom. The number of fused-ring (bicyclic) bond motifs is 1. The van der Waals surface area contributed by atoms with Crippen molar-refractivity contribution in [3.05, 3.63) is 95.6 Å². The topological polar surface area (TPSA) is 66.9 Å². The summed E-state index contributed by atoms with van der Waals surface area (Å²) in [6, 6.07) is 23.9. The number of aryl methyl sites for hydroxylation is 1. The number of hydrogen-bond acceptors (Lipinski definition) is 4. The van der Waals surface area contributed by atoms with Gasteiger partial charge in [0.25, 0.3) is 5.91 Å². The van der Waals surface area contributed by atoms with Crippen LogP contribution in [0.4, 0.5) is 0 Å². The molecule has 0 unspecified atom stereocenters. The number of hydrogen-bond donors (Lipinski definition) is 0. The molecule has 0 radical (unpaired) electrons. The first-order chi connectivity index (χ1) is 17.9. The Morgan fingerprint density at radius 1 is 0.838 bits per heavy atom. The van der Waals surface area contributed by atoms with Crippen LogP contribution in [0.15, 0.2) is 83.8 Å². The molecule has 0 bridgehead atoms. The molecule has 0 spiro atoms. The van der Waals surface area contributed by atoms with Crippen LogP contribution in [-0.2, 0) is 22.9 Å².